The van der Waals surface area contributed by atoms with E-state index in [-0.39, 0.29) is 5.69 Å². The summed E-state index contributed by atoms with van der Waals surface area (Å²) in [6.45, 7) is 1.75. The second-order valence-electron chi connectivity index (χ2n) is 4.81. The van der Waals surface area contributed by atoms with Crippen molar-refractivity contribution < 1.29 is 9.72 Å². The van der Waals surface area contributed by atoms with Gasteiger partial charge in [0.15, 0.2) is 0 Å². The number of non-ortho nitro benzene ring substituents is 1. The van der Waals surface area contributed by atoms with E-state index in [1.165, 1.54) is 18.2 Å². The molecule has 0 saturated carbocycles. The zero-order chi connectivity index (χ0) is 16.8. The van der Waals surface area contributed by atoms with Gasteiger partial charge in [-0.2, -0.15) is 5.26 Å². The first kappa shape index (κ1) is 15.9. The first-order chi connectivity index (χ1) is 11.0. The van der Waals surface area contributed by atoms with Crippen molar-refractivity contribution in [3.05, 3.63) is 75.3 Å². The van der Waals surface area contributed by atoms with Crippen LogP contribution >= 0.6 is 0 Å². The summed E-state index contributed by atoms with van der Waals surface area (Å²) < 4.78 is 0. The summed E-state index contributed by atoms with van der Waals surface area (Å²) in [6.07, 6.45) is 2.93. The SMILES string of the molecule is Cc1ccc([N+](=O)[O-])cc1NC(=O)/C=C/c1ccc(C#N)cc1. The average molecular weight is 307 g/mol. The largest absolute Gasteiger partial charge is 0.322 e. The molecule has 0 aliphatic heterocycles. The molecule has 2 aromatic carbocycles. The Balaban J connectivity index is 2.10. The highest BCUT2D eigenvalue weighted by Gasteiger charge is 2.09. The van der Waals surface area contributed by atoms with Gasteiger partial charge in [-0.1, -0.05) is 18.2 Å². The predicted octanol–water partition coefficient (Wildman–Crippen LogP) is 3.43. The van der Waals surface area contributed by atoms with Gasteiger partial charge in [-0.25, -0.2) is 0 Å². The first-order valence-electron chi connectivity index (χ1n) is 6.74. The number of rotatable bonds is 4. The molecular weight excluding hydrogens is 294 g/mol. The van der Waals surface area contributed by atoms with Crippen LogP contribution in [0.2, 0.25) is 0 Å². The van der Waals surface area contributed by atoms with Crippen molar-refractivity contribution in [2.75, 3.05) is 5.32 Å². The van der Waals surface area contributed by atoms with Gasteiger partial charge in [-0.05, 0) is 36.3 Å². The maximum atomic E-state index is 11.9. The van der Waals surface area contributed by atoms with Gasteiger partial charge in [0.1, 0.15) is 0 Å². The summed E-state index contributed by atoms with van der Waals surface area (Å²) >= 11 is 0. The van der Waals surface area contributed by atoms with Crippen molar-refractivity contribution in [2.45, 2.75) is 6.92 Å². The Morgan fingerprint density at radius 1 is 1.26 bits per heavy atom. The summed E-state index contributed by atoms with van der Waals surface area (Å²) in [6, 6.07) is 13.1. The summed E-state index contributed by atoms with van der Waals surface area (Å²) in [5.41, 5.74) is 2.36. The van der Waals surface area contributed by atoms with E-state index in [0.717, 1.165) is 11.1 Å². The molecule has 2 aromatic rings. The third-order valence-corrected chi connectivity index (χ3v) is 3.16. The third-order valence-electron chi connectivity index (χ3n) is 3.16. The maximum Gasteiger partial charge on any atom is 0.271 e. The number of carbonyl (C=O) groups is 1. The monoisotopic (exact) mass is 307 g/mol. The minimum atomic E-state index is -0.512. The molecule has 1 N–H and O–H groups in total. The summed E-state index contributed by atoms with van der Waals surface area (Å²) in [5, 5.41) is 22.1. The first-order valence-corrected chi connectivity index (χ1v) is 6.74. The minimum Gasteiger partial charge on any atom is -0.322 e. The second kappa shape index (κ2) is 7.00. The molecule has 0 atom stereocenters. The lowest BCUT2D eigenvalue weighted by Crippen LogP contribution is -2.09. The van der Waals surface area contributed by atoms with E-state index in [2.05, 4.69) is 5.32 Å². The van der Waals surface area contributed by atoms with Crippen LogP contribution in [0, 0.1) is 28.4 Å². The number of hydrogen-bond donors (Lipinski definition) is 1. The van der Waals surface area contributed by atoms with Gasteiger partial charge >= 0.3 is 0 Å². The number of nitro groups is 1. The van der Waals surface area contributed by atoms with Crippen LogP contribution in [-0.2, 0) is 4.79 Å². The lowest BCUT2D eigenvalue weighted by molar-refractivity contribution is -0.384. The molecule has 0 fully saturated rings. The lowest BCUT2D eigenvalue weighted by atomic mass is 10.1. The van der Waals surface area contributed by atoms with Gasteiger partial charge in [0.05, 0.1) is 22.2 Å². The number of amides is 1. The Labute approximate surface area is 132 Å². The van der Waals surface area contributed by atoms with Crippen LogP contribution < -0.4 is 5.32 Å². The number of nitrogens with one attached hydrogen (secondary N) is 1. The molecule has 0 bridgehead atoms. The molecule has 23 heavy (non-hydrogen) atoms. The van der Waals surface area contributed by atoms with Gasteiger partial charge in [-0.3, -0.25) is 14.9 Å². The second-order valence-corrected chi connectivity index (χ2v) is 4.81. The van der Waals surface area contributed by atoms with E-state index in [0.29, 0.717) is 11.3 Å². The molecule has 0 saturated heterocycles. The molecule has 0 aliphatic carbocycles. The van der Waals surface area contributed by atoms with Gasteiger partial charge in [-0.15, -0.1) is 0 Å². The van der Waals surface area contributed by atoms with Crippen molar-refractivity contribution in [1.29, 1.82) is 5.26 Å². The number of nitriles is 1. The van der Waals surface area contributed by atoms with Crippen molar-refractivity contribution in [2.24, 2.45) is 0 Å². The number of anilines is 1. The molecule has 0 spiro atoms. The van der Waals surface area contributed by atoms with E-state index in [4.69, 9.17) is 5.26 Å². The molecular formula is C17H13N3O3. The fraction of sp³-hybridized carbons (Fsp3) is 0.0588. The summed E-state index contributed by atoms with van der Waals surface area (Å²) in [5.74, 6) is -0.391. The Morgan fingerprint density at radius 3 is 2.57 bits per heavy atom. The Hall–Kier alpha value is -3.46. The molecule has 6 heteroatoms. The summed E-state index contributed by atoms with van der Waals surface area (Å²) in [4.78, 5) is 22.2. The smallest absolute Gasteiger partial charge is 0.271 e. The normalized spacial score (nSPS) is 10.3. The predicted molar refractivity (Wildman–Crippen MR) is 86.7 cm³/mol. The number of aryl methyl sites for hydroxylation is 1. The minimum absolute atomic E-state index is 0.0815. The quantitative estimate of drug-likeness (QED) is 0.531. The zero-order valence-corrected chi connectivity index (χ0v) is 12.3. The van der Waals surface area contributed by atoms with Crippen molar-refractivity contribution >= 4 is 23.4 Å². The molecule has 0 aliphatic rings. The highest BCUT2D eigenvalue weighted by Crippen LogP contribution is 2.21. The third kappa shape index (κ3) is 4.25. The van der Waals surface area contributed by atoms with Crippen LogP contribution in [0.25, 0.3) is 6.08 Å². The van der Waals surface area contributed by atoms with E-state index in [1.807, 2.05) is 6.07 Å². The lowest BCUT2D eigenvalue weighted by Gasteiger charge is -2.06. The molecule has 0 unspecified atom stereocenters. The molecule has 0 aromatic heterocycles. The number of carbonyl (C=O) groups excluding carboxylic acids is 1. The van der Waals surface area contributed by atoms with Crippen molar-refractivity contribution in [3.8, 4) is 6.07 Å². The van der Waals surface area contributed by atoms with E-state index in [1.54, 1.807) is 43.3 Å². The van der Waals surface area contributed by atoms with Gasteiger partial charge in [0.2, 0.25) is 5.91 Å². The number of benzene rings is 2. The highest BCUT2D eigenvalue weighted by atomic mass is 16.6. The van der Waals surface area contributed by atoms with Crippen LogP contribution in [0.3, 0.4) is 0 Å². The van der Waals surface area contributed by atoms with Gasteiger partial charge in [0, 0.05) is 18.2 Å². The molecule has 2 rings (SSSR count). The Kier molecular flexibility index (Phi) is 4.85. The van der Waals surface area contributed by atoms with E-state index < -0.39 is 10.8 Å². The van der Waals surface area contributed by atoms with E-state index >= 15 is 0 Å². The molecule has 0 heterocycles. The maximum absolute atomic E-state index is 11.9. The van der Waals surface area contributed by atoms with E-state index in [9.17, 15) is 14.9 Å². The molecule has 0 radical (unpaired) electrons. The fourth-order valence-electron chi connectivity index (χ4n) is 1.87. The van der Waals surface area contributed by atoms with Crippen molar-refractivity contribution in [3.63, 3.8) is 0 Å². The van der Waals surface area contributed by atoms with Crippen LogP contribution in [0.1, 0.15) is 16.7 Å². The summed E-state index contributed by atoms with van der Waals surface area (Å²) in [7, 11) is 0. The average Bonchev–Trinajstić information content (AvgIpc) is 2.55. The topological polar surface area (TPSA) is 96.0 Å². The fourth-order valence-corrected chi connectivity index (χ4v) is 1.87. The van der Waals surface area contributed by atoms with Crippen molar-refractivity contribution in [1.82, 2.24) is 0 Å². The van der Waals surface area contributed by atoms with Crippen LogP contribution in [-0.4, -0.2) is 10.8 Å². The zero-order valence-electron chi connectivity index (χ0n) is 12.3. The number of hydrogen-bond acceptors (Lipinski definition) is 4. The van der Waals surface area contributed by atoms with Crippen LogP contribution in [0.5, 0.6) is 0 Å². The van der Waals surface area contributed by atoms with Gasteiger partial charge in [0.25, 0.3) is 5.69 Å². The molecule has 1 amide bonds. The highest BCUT2D eigenvalue weighted by molar-refractivity contribution is 6.02. The molecule has 6 nitrogen and oxygen atoms in total. The molecule has 114 valence electrons. The standard InChI is InChI=1S/C17H13N3O3/c1-12-2-8-15(20(22)23)10-16(12)19-17(21)9-7-13-3-5-14(11-18)6-4-13/h2-10H,1H3,(H,19,21)/b9-7+. The number of nitrogens with zero attached hydrogens (tertiary/aromatic N) is 2. The number of nitro benzene ring substituents is 1. The van der Waals surface area contributed by atoms with Crippen LogP contribution in [0.15, 0.2) is 48.5 Å². The Bertz CT molecular complexity index is 818. The van der Waals surface area contributed by atoms with Gasteiger partial charge < -0.3 is 5.32 Å². The van der Waals surface area contributed by atoms with Crippen LogP contribution in [0.4, 0.5) is 11.4 Å². The Morgan fingerprint density at radius 2 is 1.96 bits per heavy atom.